The topological polar surface area (TPSA) is 131 Å². The number of aryl methyl sites for hydroxylation is 2. The van der Waals surface area contributed by atoms with Crippen molar-refractivity contribution < 1.29 is 22.6 Å². The maximum atomic E-state index is 13.7. The Morgan fingerprint density at radius 1 is 0.947 bits per heavy atom. The zero-order valence-electron chi connectivity index (χ0n) is 22.1. The molecule has 4 rings (SSSR count). The van der Waals surface area contributed by atoms with Crippen molar-refractivity contribution in [2.45, 2.75) is 37.9 Å². The summed E-state index contributed by atoms with van der Waals surface area (Å²) in [6.45, 7) is 5.30. The molecule has 0 aliphatic carbocycles. The molecule has 0 aliphatic rings. The molecule has 0 N–H and O–H groups in total. The first-order valence-corrected chi connectivity index (χ1v) is 13.5. The normalized spacial score (nSPS) is 13.2. The molecule has 12 heteroatoms. The van der Waals surface area contributed by atoms with Gasteiger partial charge in [-0.05, 0) is 44.5 Å². The van der Waals surface area contributed by atoms with Gasteiger partial charge in [0.15, 0.2) is 21.5 Å². The lowest BCUT2D eigenvalue weighted by Crippen LogP contribution is -2.29. The molecule has 3 aromatic heterocycles. The predicted octanol–water partition coefficient (Wildman–Crippen LogP) is 3.44. The number of para-hydroxylation sites is 1. The largest absolute Gasteiger partial charge is 0.494 e. The fourth-order valence-corrected chi connectivity index (χ4v) is 5.60. The first-order valence-electron chi connectivity index (χ1n) is 11.8. The van der Waals surface area contributed by atoms with Crippen molar-refractivity contribution in [3.05, 3.63) is 71.8 Å². The van der Waals surface area contributed by atoms with E-state index in [-0.39, 0.29) is 5.82 Å². The Balaban J connectivity index is 1.84. The molecule has 0 radical (unpaired) electrons. The van der Waals surface area contributed by atoms with Crippen LogP contribution < -0.4 is 9.47 Å². The minimum absolute atomic E-state index is 0.181. The summed E-state index contributed by atoms with van der Waals surface area (Å²) in [4.78, 5) is 12.8. The van der Waals surface area contributed by atoms with E-state index in [1.54, 1.807) is 55.2 Å². The maximum absolute atomic E-state index is 13.7. The van der Waals surface area contributed by atoms with E-state index in [0.29, 0.717) is 34.3 Å². The van der Waals surface area contributed by atoms with E-state index >= 15 is 0 Å². The lowest BCUT2D eigenvalue weighted by atomic mass is 10.2. The predicted molar refractivity (Wildman–Crippen MR) is 141 cm³/mol. The number of nitrogens with zero attached hydrogens (tertiary/aromatic N) is 6. The van der Waals surface area contributed by atoms with E-state index in [1.807, 2.05) is 13.0 Å². The first kappa shape index (κ1) is 27.1. The number of pyridine rings is 1. The smallest absolute Gasteiger partial charge is 0.170 e. The van der Waals surface area contributed by atoms with E-state index in [4.69, 9.17) is 14.2 Å². The molecule has 4 aromatic rings. The van der Waals surface area contributed by atoms with Crippen molar-refractivity contribution in [1.29, 1.82) is 0 Å². The lowest BCUT2D eigenvalue weighted by molar-refractivity contribution is 0.0983. The molecule has 200 valence electrons. The molecule has 0 unspecified atom stereocenters. The third-order valence-electron chi connectivity index (χ3n) is 6.16. The Labute approximate surface area is 221 Å². The number of ether oxygens (including phenoxy) is 3. The highest BCUT2D eigenvalue weighted by atomic mass is 32.2. The van der Waals surface area contributed by atoms with Gasteiger partial charge in [0.1, 0.15) is 29.0 Å². The quantitative estimate of drug-likeness (QED) is 0.296. The van der Waals surface area contributed by atoms with Gasteiger partial charge >= 0.3 is 0 Å². The second-order valence-corrected chi connectivity index (χ2v) is 11.1. The Kier molecular flexibility index (Phi) is 8.02. The second-order valence-electron chi connectivity index (χ2n) is 8.79. The van der Waals surface area contributed by atoms with Crippen molar-refractivity contribution in [3.8, 4) is 28.6 Å². The highest BCUT2D eigenvalue weighted by Crippen LogP contribution is 2.37. The van der Waals surface area contributed by atoms with Crippen LogP contribution in [-0.2, 0) is 20.3 Å². The molecular formula is C26H30N6O5S. The van der Waals surface area contributed by atoms with Crippen LogP contribution in [0.5, 0.6) is 11.5 Å². The number of aromatic nitrogens is 6. The molecule has 0 bridgehead atoms. The summed E-state index contributed by atoms with van der Waals surface area (Å²) in [7, 11) is 0.662. The van der Waals surface area contributed by atoms with Gasteiger partial charge in [0.25, 0.3) is 0 Å². The number of hydrogen-bond donors (Lipinski definition) is 0. The molecule has 0 spiro atoms. The van der Waals surface area contributed by atoms with E-state index in [1.165, 1.54) is 27.5 Å². The van der Waals surface area contributed by atoms with Crippen molar-refractivity contribution in [3.63, 3.8) is 0 Å². The molecule has 2 atom stereocenters. The van der Waals surface area contributed by atoms with Gasteiger partial charge in [-0.25, -0.2) is 8.42 Å². The zero-order chi connectivity index (χ0) is 27.4. The van der Waals surface area contributed by atoms with Gasteiger partial charge in [-0.2, -0.15) is 0 Å². The SMILES string of the molecule is COc1cccc(OC)c1-n1c(CS(=O)(=O)[C@H](C)[C@@H](OC)c2cnc(C)cn2)nnc1-c1cncc(C)c1. The van der Waals surface area contributed by atoms with Crippen LogP contribution >= 0.6 is 0 Å². The summed E-state index contributed by atoms with van der Waals surface area (Å²) >= 11 is 0. The average molecular weight is 539 g/mol. The number of hydrogen-bond acceptors (Lipinski definition) is 10. The number of sulfone groups is 1. The molecule has 0 amide bonds. The highest BCUT2D eigenvalue weighted by Gasteiger charge is 2.34. The molecule has 0 saturated heterocycles. The Hall–Kier alpha value is -3.90. The summed E-state index contributed by atoms with van der Waals surface area (Å²) in [6.07, 6.45) is 5.65. The fourth-order valence-electron chi connectivity index (χ4n) is 4.16. The molecule has 0 aliphatic heterocycles. The Morgan fingerprint density at radius 3 is 2.24 bits per heavy atom. The van der Waals surface area contributed by atoms with Gasteiger partial charge in [-0.15, -0.1) is 10.2 Å². The molecular weight excluding hydrogens is 508 g/mol. The summed E-state index contributed by atoms with van der Waals surface area (Å²) in [6, 6.07) is 7.19. The standard InChI is InChI=1S/C26H30N6O5S/c1-16-10-19(13-27-11-16)26-31-30-23(32(26)24-21(35-4)8-7-9-22(24)36-5)15-38(33,34)18(3)25(37-6)20-14-28-17(2)12-29-20/h7-14,18,25H,15H2,1-6H3/t18-,25-/m1/s1. The van der Waals surface area contributed by atoms with Crippen LogP contribution in [0.2, 0.25) is 0 Å². The molecule has 11 nitrogen and oxygen atoms in total. The van der Waals surface area contributed by atoms with Crippen LogP contribution in [0.3, 0.4) is 0 Å². The zero-order valence-corrected chi connectivity index (χ0v) is 22.9. The van der Waals surface area contributed by atoms with Crippen LogP contribution in [0.15, 0.2) is 49.1 Å². The maximum Gasteiger partial charge on any atom is 0.170 e. The van der Waals surface area contributed by atoms with Gasteiger partial charge in [0.05, 0.1) is 37.1 Å². The summed E-state index contributed by atoms with van der Waals surface area (Å²) in [5.74, 6) is 1.07. The van der Waals surface area contributed by atoms with E-state index < -0.39 is 26.9 Å². The molecule has 0 saturated carbocycles. The fraction of sp³-hybridized carbons (Fsp3) is 0.346. The summed E-state index contributed by atoms with van der Waals surface area (Å²) < 4.78 is 46.0. The Morgan fingerprint density at radius 2 is 1.66 bits per heavy atom. The van der Waals surface area contributed by atoms with Gasteiger partial charge in [-0.3, -0.25) is 19.5 Å². The highest BCUT2D eigenvalue weighted by molar-refractivity contribution is 7.91. The average Bonchev–Trinajstić information content (AvgIpc) is 3.31. The van der Waals surface area contributed by atoms with Crippen molar-refractivity contribution in [1.82, 2.24) is 29.7 Å². The van der Waals surface area contributed by atoms with E-state index in [0.717, 1.165) is 11.3 Å². The second kappa shape index (κ2) is 11.2. The van der Waals surface area contributed by atoms with Crippen molar-refractivity contribution in [2.75, 3.05) is 21.3 Å². The van der Waals surface area contributed by atoms with Crippen LogP contribution in [0.25, 0.3) is 17.1 Å². The molecule has 38 heavy (non-hydrogen) atoms. The molecule has 1 aromatic carbocycles. The number of benzene rings is 1. The Bertz CT molecular complexity index is 1500. The third-order valence-corrected chi connectivity index (χ3v) is 8.20. The lowest BCUT2D eigenvalue weighted by Gasteiger charge is -2.22. The van der Waals surface area contributed by atoms with Gasteiger partial charge in [0, 0.05) is 31.3 Å². The van der Waals surface area contributed by atoms with E-state index in [9.17, 15) is 8.42 Å². The van der Waals surface area contributed by atoms with Gasteiger partial charge < -0.3 is 14.2 Å². The van der Waals surface area contributed by atoms with E-state index in [2.05, 4.69) is 25.1 Å². The van der Waals surface area contributed by atoms with Crippen LogP contribution in [-0.4, -0.2) is 64.7 Å². The van der Waals surface area contributed by atoms with Gasteiger partial charge in [-0.1, -0.05) is 6.07 Å². The molecule has 0 fully saturated rings. The minimum Gasteiger partial charge on any atom is -0.494 e. The summed E-state index contributed by atoms with van der Waals surface area (Å²) in [5.41, 5.74) is 3.19. The number of methoxy groups -OCH3 is 3. The minimum atomic E-state index is -3.84. The third kappa shape index (κ3) is 5.36. The van der Waals surface area contributed by atoms with Gasteiger partial charge in [0.2, 0.25) is 0 Å². The van der Waals surface area contributed by atoms with Crippen LogP contribution in [0, 0.1) is 13.8 Å². The molecule has 3 heterocycles. The van der Waals surface area contributed by atoms with Crippen molar-refractivity contribution in [2.24, 2.45) is 0 Å². The van der Waals surface area contributed by atoms with Crippen LogP contribution in [0.4, 0.5) is 0 Å². The first-order chi connectivity index (χ1) is 18.2. The van der Waals surface area contributed by atoms with Crippen molar-refractivity contribution >= 4 is 9.84 Å². The van der Waals surface area contributed by atoms with Crippen LogP contribution in [0.1, 0.15) is 35.8 Å². The monoisotopic (exact) mass is 538 g/mol. The number of rotatable bonds is 10. The summed E-state index contributed by atoms with van der Waals surface area (Å²) in [5, 5.41) is 7.73.